The molecule has 0 aromatic carbocycles. The fourth-order valence-corrected chi connectivity index (χ4v) is 9.67. The molecule has 9 nitrogen and oxygen atoms in total. The molecule has 0 bridgehead atoms. The minimum Gasteiger partial charge on any atom is -0.456 e. The number of phosphoric acid groups is 1. The molecule has 432 valence electrons. The SMILES string of the molecule is CC/C=C/C=C/C=C/CCCCCCCCCC(=O)NC(COP(=O)(O)OCC[N+](C)(C)C)C(/C=C\CCCCCCCCCCCC)OC(=O)CCCCCCCCCCCCC/C=C/CCCCCCCC. The first-order valence-corrected chi connectivity index (χ1v) is 32.6. The van der Waals surface area contributed by atoms with Gasteiger partial charge in [0.2, 0.25) is 5.91 Å². The second kappa shape index (κ2) is 54.1. The smallest absolute Gasteiger partial charge is 0.456 e. The van der Waals surface area contributed by atoms with E-state index in [4.69, 9.17) is 13.8 Å². The second-order valence-corrected chi connectivity index (χ2v) is 23.7. The van der Waals surface area contributed by atoms with Crippen molar-refractivity contribution in [3.8, 4) is 0 Å². The molecule has 74 heavy (non-hydrogen) atoms. The molecule has 0 heterocycles. The van der Waals surface area contributed by atoms with Crippen LogP contribution in [0.5, 0.6) is 0 Å². The van der Waals surface area contributed by atoms with Crippen molar-refractivity contribution in [1.82, 2.24) is 5.32 Å². The van der Waals surface area contributed by atoms with Crippen LogP contribution in [0, 0.1) is 0 Å². The molecule has 0 aromatic heterocycles. The minimum absolute atomic E-state index is 0.0367. The number of unbranched alkanes of at least 4 members (excludes halogenated alkanes) is 34. The number of carbonyl (C=O) groups is 2. The van der Waals surface area contributed by atoms with Gasteiger partial charge in [0.15, 0.2) is 0 Å². The zero-order chi connectivity index (χ0) is 54.3. The van der Waals surface area contributed by atoms with Gasteiger partial charge in [0.1, 0.15) is 19.3 Å². The predicted molar refractivity (Wildman–Crippen MR) is 318 cm³/mol. The van der Waals surface area contributed by atoms with Crippen molar-refractivity contribution < 1.29 is 37.3 Å². The van der Waals surface area contributed by atoms with Gasteiger partial charge in [0.05, 0.1) is 33.8 Å². The van der Waals surface area contributed by atoms with E-state index in [0.29, 0.717) is 17.4 Å². The summed E-state index contributed by atoms with van der Waals surface area (Å²) < 4.78 is 30.7. The van der Waals surface area contributed by atoms with E-state index in [1.54, 1.807) is 0 Å². The third-order valence-corrected chi connectivity index (χ3v) is 14.7. The van der Waals surface area contributed by atoms with Crippen LogP contribution >= 0.6 is 7.82 Å². The monoisotopic (exact) mass is 1060 g/mol. The quantitative estimate of drug-likeness (QED) is 0.0156. The van der Waals surface area contributed by atoms with Crippen LogP contribution in [0.25, 0.3) is 0 Å². The Labute approximate surface area is 458 Å². The Morgan fingerprint density at radius 2 is 0.878 bits per heavy atom. The number of likely N-dealkylation sites (N-methyl/N-ethyl adjacent to an activating group) is 1. The van der Waals surface area contributed by atoms with E-state index in [0.717, 1.165) is 77.0 Å². The van der Waals surface area contributed by atoms with Crippen molar-refractivity contribution in [1.29, 1.82) is 0 Å². The van der Waals surface area contributed by atoms with Gasteiger partial charge in [-0.1, -0.05) is 255 Å². The molecule has 0 radical (unpaired) electrons. The summed E-state index contributed by atoms with van der Waals surface area (Å²) in [6.45, 7) is 6.88. The Morgan fingerprint density at radius 1 is 0.486 bits per heavy atom. The number of hydrogen-bond donors (Lipinski definition) is 2. The molecule has 0 spiro atoms. The Bertz CT molecular complexity index is 1450. The lowest BCUT2D eigenvalue weighted by atomic mass is 10.0. The van der Waals surface area contributed by atoms with E-state index in [2.05, 4.69) is 74.7 Å². The normalized spacial score (nSPS) is 14.1. The summed E-state index contributed by atoms with van der Waals surface area (Å²) in [6, 6.07) is -0.855. The highest BCUT2D eigenvalue weighted by molar-refractivity contribution is 7.47. The number of nitrogens with zero attached hydrogens (tertiary/aromatic N) is 1. The third-order valence-electron chi connectivity index (χ3n) is 13.8. The highest BCUT2D eigenvalue weighted by atomic mass is 31.2. The van der Waals surface area contributed by atoms with Gasteiger partial charge in [-0.05, 0) is 76.7 Å². The topological polar surface area (TPSA) is 111 Å². The molecule has 0 saturated heterocycles. The lowest BCUT2D eigenvalue weighted by molar-refractivity contribution is -0.870. The van der Waals surface area contributed by atoms with Gasteiger partial charge < -0.3 is 19.4 Å². The molecule has 0 aromatic rings. The van der Waals surface area contributed by atoms with Gasteiger partial charge in [-0.15, -0.1) is 0 Å². The number of amides is 1. The lowest BCUT2D eigenvalue weighted by Gasteiger charge is -2.27. The number of rotatable bonds is 56. The fourth-order valence-electron chi connectivity index (χ4n) is 8.94. The Balaban J connectivity index is 5.21. The van der Waals surface area contributed by atoms with Gasteiger partial charge in [-0.3, -0.25) is 18.6 Å². The van der Waals surface area contributed by atoms with Gasteiger partial charge in [0, 0.05) is 12.8 Å². The van der Waals surface area contributed by atoms with E-state index >= 15 is 0 Å². The number of hydrogen-bond acceptors (Lipinski definition) is 6. The maximum absolute atomic E-state index is 13.5. The molecule has 3 atom stereocenters. The molecular formula is C64H120N2O7P+. The number of quaternary nitrogens is 1. The summed E-state index contributed by atoms with van der Waals surface area (Å²) in [4.78, 5) is 37.7. The number of ether oxygens (including phenoxy) is 1. The van der Waals surface area contributed by atoms with Gasteiger partial charge in [-0.2, -0.15) is 0 Å². The fraction of sp³-hybridized carbons (Fsp3) is 0.812. The summed E-state index contributed by atoms with van der Waals surface area (Å²) in [7, 11) is 1.49. The van der Waals surface area contributed by atoms with Crippen molar-refractivity contribution in [3.63, 3.8) is 0 Å². The van der Waals surface area contributed by atoms with E-state index in [1.165, 1.54) is 173 Å². The second-order valence-electron chi connectivity index (χ2n) is 22.3. The van der Waals surface area contributed by atoms with Gasteiger partial charge in [-0.25, -0.2) is 4.57 Å². The van der Waals surface area contributed by atoms with Crippen molar-refractivity contribution in [2.24, 2.45) is 0 Å². The van der Waals surface area contributed by atoms with Crippen molar-refractivity contribution >= 4 is 19.7 Å². The molecule has 1 amide bonds. The van der Waals surface area contributed by atoms with E-state index in [-0.39, 0.29) is 31.5 Å². The van der Waals surface area contributed by atoms with Crippen molar-refractivity contribution in [2.45, 2.75) is 296 Å². The standard InChI is InChI=1S/C64H119N2O7P/c1-7-10-13-16-19-22-25-28-30-31-32-33-34-35-37-39-42-45-48-51-54-57-64(68)73-62(55-52-49-46-43-40-27-24-21-18-15-12-9-3)61(60-72-74(69,70)71-59-58-66(4,5)6)65-63(67)56-53-50-47-44-41-38-36-29-26-23-20-17-14-11-8-2/h11,14,17,20,23,26,28,30,52,55,61-62H,7-10,12-13,15-16,18-19,21-22,24-25,27,29,31-51,53-54,56-60H2,1-6H3,(H-,65,67,69,70)/p+1/b14-11+,20-17+,26-23+,30-28+,55-52-. The molecule has 3 unspecified atom stereocenters. The number of phosphoric ester groups is 1. The highest BCUT2D eigenvalue weighted by Gasteiger charge is 2.30. The number of esters is 1. The van der Waals surface area contributed by atoms with E-state index in [1.807, 2.05) is 33.3 Å². The third kappa shape index (κ3) is 54.5. The number of allylic oxidation sites excluding steroid dienone is 9. The Kier molecular flexibility index (Phi) is 52.4. The average molecular weight is 1060 g/mol. The summed E-state index contributed by atoms with van der Waals surface area (Å²) in [6.07, 6.45) is 67.9. The zero-order valence-corrected chi connectivity index (χ0v) is 50.2. The maximum Gasteiger partial charge on any atom is 0.472 e. The molecule has 0 aliphatic heterocycles. The molecule has 0 saturated carbocycles. The first-order valence-electron chi connectivity index (χ1n) is 31.1. The van der Waals surface area contributed by atoms with Gasteiger partial charge in [0.25, 0.3) is 0 Å². The largest absolute Gasteiger partial charge is 0.472 e. The molecule has 0 aliphatic rings. The first-order chi connectivity index (χ1) is 35.9. The van der Waals surface area contributed by atoms with E-state index < -0.39 is 20.0 Å². The summed E-state index contributed by atoms with van der Waals surface area (Å²) in [5, 5.41) is 3.05. The average Bonchev–Trinajstić information content (AvgIpc) is 3.36. The minimum atomic E-state index is -4.45. The molecule has 2 N–H and O–H groups in total. The zero-order valence-electron chi connectivity index (χ0n) is 49.3. The Hall–Kier alpha value is -2.29. The van der Waals surface area contributed by atoms with Crippen LogP contribution in [-0.2, 0) is 27.9 Å². The summed E-state index contributed by atoms with van der Waals surface area (Å²) in [5.74, 6) is -0.514. The molecule has 0 fully saturated rings. The molecule has 0 aliphatic carbocycles. The summed E-state index contributed by atoms with van der Waals surface area (Å²) in [5.41, 5.74) is 0. The van der Waals surface area contributed by atoms with Gasteiger partial charge >= 0.3 is 13.8 Å². The van der Waals surface area contributed by atoms with Crippen LogP contribution in [0.15, 0.2) is 60.8 Å². The lowest BCUT2D eigenvalue weighted by Crippen LogP contribution is -2.47. The van der Waals surface area contributed by atoms with Crippen LogP contribution < -0.4 is 5.32 Å². The van der Waals surface area contributed by atoms with E-state index in [9.17, 15) is 19.0 Å². The van der Waals surface area contributed by atoms with Crippen LogP contribution in [0.4, 0.5) is 0 Å². The van der Waals surface area contributed by atoms with Crippen LogP contribution in [0.1, 0.15) is 284 Å². The van der Waals surface area contributed by atoms with Crippen molar-refractivity contribution in [2.75, 3.05) is 40.9 Å². The van der Waals surface area contributed by atoms with Crippen molar-refractivity contribution in [3.05, 3.63) is 60.8 Å². The Morgan fingerprint density at radius 3 is 1.32 bits per heavy atom. The number of carbonyl (C=O) groups excluding carboxylic acids is 2. The first kappa shape index (κ1) is 71.7. The van der Waals surface area contributed by atoms with Crippen LogP contribution in [0.2, 0.25) is 0 Å². The predicted octanol–water partition coefficient (Wildman–Crippen LogP) is 19.1. The molecule has 0 rings (SSSR count). The number of nitrogens with one attached hydrogen (secondary N) is 1. The highest BCUT2D eigenvalue weighted by Crippen LogP contribution is 2.43. The van der Waals surface area contributed by atoms with Crippen LogP contribution in [0.3, 0.4) is 0 Å². The molecule has 10 heteroatoms. The molecular weight excluding hydrogens is 940 g/mol. The maximum atomic E-state index is 13.5. The summed E-state index contributed by atoms with van der Waals surface area (Å²) >= 11 is 0. The van der Waals surface area contributed by atoms with Crippen LogP contribution in [-0.4, -0.2) is 74.3 Å².